The first kappa shape index (κ1) is 7.29. The molecule has 2 heteroatoms. The van der Waals surface area contributed by atoms with Gasteiger partial charge in [-0.05, 0) is 18.1 Å². The Bertz CT molecular complexity index is 272. The van der Waals surface area contributed by atoms with E-state index >= 15 is 0 Å². The summed E-state index contributed by atoms with van der Waals surface area (Å²) in [5.74, 6) is 0.343. The van der Waals surface area contributed by atoms with E-state index in [9.17, 15) is 4.39 Å². The number of benzene rings is 1. The molecule has 0 spiro atoms. The Balaban J connectivity index is 2.31. The molecule has 0 radical (unpaired) electrons. The summed E-state index contributed by atoms with van der Waals surface area (Å²) in [6, 6.07) is 7.00. The predicted molar refractivity (Wildman–Crippen MR) is 46.5 cm³/mol. The third-order valence-corrected chi connectivity index (χ3v) is 3.03. The maximum Gasteiger partial charge on any atom is 0.126 e. The van der Waals surface area contributed by atoms with Gasteiger partial charge < -0.3 is 0 Å². The van der Waals surface area contributed by atoms with Crippen molar-refractivity contribution < 1.29 is 4.39 Å². The van der Waals surface area contributed by atoms with Crippen molar-refractivity contribution in [1.29, 1.82) is 0 Å². The topological polar surface area (TPSA) is 0 Å². The monoisotopic (exact) mass is 214 g/mol. The number of alkyl halides is 1. The van der Waals surface area contributed by atoms with Gasteiger partial charge in [0, 0.05) is 10.7 Å². The fourth-order valence-corrected chi connectivity index (χ4v) is 1.95. The highest BCUT2D eigenvalue weighted by Gasteiger charge is 2.37. The average molecular weight is 215 g/mol. The van der Waals surface area contributed by atoms with Crippen molar-refractivity contribution in [3.05, 3.63) is 35.6 Å². The van der Waals surface area contributed by atoms with Crippen LogP contribution in [0.5, 0.6) is 0 Å². The summed E-state index contributed by atoms with van der Waals surface area (Å²) in [5, 5.41) is 0. The lowest BCUT2D eigenvalue weighted by molar-refractivity contribution is 0.611. The van der Waals surface area contributed by atoms with Crippen molar-refractivity contribution >= 4 is 15.9 Å². The summed E-state index contributed by atoms with van der Waals surface area (Å²) in [6.45, 7) is 0. The average Bonchev–Trinajstić information content (AvgIpc) is 2.68. The number of rotatable bonds is 1. The Kier molecular flexibility index (Phi) is 1.72. The van der Waals surface area contributed by atoms with Gasteiger partial charge in [0.25, 0.3) is 0 Å². The second-order valence-corrected chi connectivity index (χ2v) is 4.06. The normalized spacial score (nSPS) is 28.5. The van der Waals surface area contributed by atoms with Crippen molar-refractivity contribution in [3.8, 4) is 0 Å². The summed E-state index contributed by atoms with van der Waals surface area (Å²) in [4.78, 5) is 0.499. The number of halogens is 2. The Morgan fingerprint density at radius 1 is 1.36 bits per heavy atom. The molecule has 0 amide bonds. The minimum atomic E-state index is -0.0700. The molecule has 2 atom stereocenters. The van der Waals surface area contributed by atoms with Gasteiger partial charge in [0.05, 0.1) is 0 Å². The van der Waals surface area contributed by atoms with Crippen LogP contribution in [0.25, 0.3) is 0 Å². The summed E-state index contributed by atoms with van der Waals surface area (Å²) in [5.41, 5.74) is 0.856. The van der Waals surface area contributed by atoms with Crippen molar-refractivity contribution in [2.24, 2.45) is 0 Å². The largest absolute Gasteiger partial charge is 0.207 e. The maximum absolute atomic E-state index is 13.0. The van der Waals surface area contributed by atoms with Crippen LogP contribution in [0.1, 0.15) is 17.9 Å². The molecule has 2 unspecified atom stereocenters. The van der Waals surface area contributed by atoms with Crippen LogP contribution in [0.15, 0.2) is 24.3 Å². The van der Waals surface area contributed by atoms with E-state index in [0.717, 1.165) is 12.0 Å². The third kappa shape index (κ3) is 1.32. The van der Waals surface area contributed by atoms with Crippen LogP contribution in [0.3, 0.4) is 0 Å². The van der Waals surface area contributed by atoms with E-state index in [2.05, 4.69) is 15.9 Å². The minimum Gasteiger partial charge on any atom is -0.207 e. The molecule has 2 rings (SSSR count). The molecule has 58 valence electrons. The molecule has 1 aromatic carbocycles. The zero-order chi connectivity index (χ0) is 7.84. The van der Waals surface area contributed by atoms with E-state index in [0.29, 0.717) is 10.7 Å². The molecule has 1 saturated carbocycles. The van der Waals surface area contributed by atoms with Gasteiger partial charge in [-0.25, -0.2) is 4.39 Å². The second kappa shape index (κ2) is 2.59. The van der Waals surface area contributed by atoms with Crippen LogP contribution in [0.2, 0.25) is 0 Å². The van der Waals surface area contributed by atoms with Gasteiger partial charge in [0.15, 0.2) is 0 Å². The Labute approximate surface area is 73.6 Å². The molecule has 0 aliphatic heterocycles. The second-order valence-electron chi connectivity index (χ2n) is 2.88. The lowest BCUT2D eigenvalue weighted by atomic mass is 10.1. The molecular weight excluding hydrogens is 207 g/mol. The van der Waals surface area contributed by atoms with E-state index < -0.39 is 0 Å². The van der Waals surface area contributed by atoms with Crippen LogP contribution in [-0.2, 0) is 0 Å². The molecule has 1 fully saturated rings. The van der Waals surface area contributed by atoms with Gasteiger partial charge in [-0.2, -0.15) is 0 Å². The minimum absolute atomic E-state index is 0.0700. The first-order valence-corrected chi connectivity index (χ1v) is 4.59. The lowest BCUT2D eigenvalue weighted by Gasteiger charge is -1.97. The third-order valence-electron chi connectivity index (χ3n) is 2.02. The van der Waals surface area contributed by atoms with Crippen molar-refractivity contribution in [2.75, 3.05) is 0 Å². The van der Waals surface area contributed by atoms with Crippen LogP contribution in [-0.4, -0.2) is 4.83 Å². The highest BCUT2D eigenvalue weighted by molar-refractivity contribution is 9.09. The lowest BCUT2D eigenvalue weighted by Crippen LogP contribution is -1.86. The SMILES string of the molecule is Fc1ccccc1C1CC1Br. The highest BCUT2D eigenvalue weighted by Crippen LogP contribution is 2.47. The van der Waals surface area contributed by atoms with Gasteiger partial charge in [-0.15, -0.1) is 0 Å². The maximum atomic E-state index is 13.0. The molecule has 0 heterocycles. The molecule has 0 bridgehead atoms. The zero-order valence-electron chi connectivity index (χ0n) is 5.93. The zero-order valence-corrected chi connectivity index (χ0v) is 7.51. The van der Waals surface area contributed by atoms with E-state index in [4.69, 9.17) is 0 Å². The predicted octanol–water partition coefficient (Wildman–Crippen LogP) is 3.08. The molecule has 0 aromatic heterocycles. The Morgan fingerprint density at radius 2 is 2.00 bits per heavy atom. The van der Waals surface area contributed by atoms with E-state index in [-0.39, 0.29) is 5.82 Å². The quantitative estimate of drug-likeness (QED) is 0.631. The molecule has 11 heavy (non-hydrogen) atoms. The van der Waals surface area contributed by atoms with Gasteiger partial charge in [0.2, 0.25) is 0 Å². The number of hydrogen-bond acceptors (Lipinski definition) is 0. The standard InChI is InChI=1S/C9H8BrF/c10-8-5-7(8)6-3-1-2-4-9(6)11/h1-4,7-8H,5H2. The molecule has 0 saturated heterocycles. The van der Waals surface area contributed by atoms with Crippen LogP contribution >= 0.6 is 15.9 Å². The van der Waals surface area contributed by atoms with Gasteiger partial charge >= 0.3 is 0 Å². The molecule has 0 nitrogen and oxygen atoms in total. The van der Waals surface area contributed by atoms with Crippen LogP contribution in [0.4, 0.5) is 4.39 Å². The first-order valence-electron chi connectivity index (χ1n) is 3.67. The molecule has 1 aliphatic rings. The number of hydrogen-bond donors (Lipinski definition) is 0. The van der Waals surface area contributed by atoms with Crippen LogP contribution in [0, 0.1) is 5.82 Å². The van der Waals surface area contributed by atoms with Crippen LogP contribution < -0.4 is 0 Å². The summed E-state index contributed by atoms with van der Waals surface area (Å²) >= 11 is 3.45. The van der Waals surface area contributed by atoms with Crippen molar-refractivity contribution in [2.45, 2.75) is 17.2 Å². The van der Waals surface area contributed by atoms with Gasteiger partial charge in [0.1, 0.15) is 5.82 Å². The van der Waals surface area contributed by atoms with E-state index in [1.54, 1.807) is 6.07 Å². The summed E-state index contributed by atoms with van der Waals surface area (Å²) in [6.07, 6.45) is 1.07. The molecule has 1 aromatic rings. The fourth-order valence-electron chi connectivity index (χ4n) is 1.26. The first-order chi connectivity index (χ1) is 5.29. The Hall–Kier alpha value is -0.370. The van der Waals surface area contributed by atoms with Crippen molar-refractivity contribution in [1.82, 2.24) is 0 Å². The summed E-state index contributed by atoms with van der Waals surface area (Å²) in [7, 11) is 0. The fraction of sp³-hybridized carbons (Fsp3) is 0.333. The van der Waals surface area contributed by atoms with Gasteiger partial charge in [-0.3, -0.25) is 0 Å². The van der Waals surface area contributed by atoms with Gasteiger partial charge in [-0.1, -0.05) is 34.1 Å². The van der Waals surface area contributed by atoms with E-state index in [1.165, 1.54) is 6.07 Å². The Morgan fingerprint density at radius 3 is 2.55 bits per heavy atom. The van der Waals surface area contributed by atoms with Crippen molar-refractivity contribution in [3.63, 3.8) is 0 Å². The summed E-state index contributed by atoms with van der Waals surface area (Å²) < 4.78 is 13.0. The smallest absolute Gasteiger partial charge is 0.126 e. The molecule has 0 N–H and O–H groups in total. The molecular formula is C9H8BrF. The van der Waals surface area contributed by atoms with E-state index in [1.807, 2.05) is 12.1 Å². The highest BCUT2D eigenvalue weighted by atomic mass is 79.9. The molecule has 1 aliphatic carbocycles.